The van der Waals surface area contributed by atoms with Crippen molar-refractivity contribution >= 4 is 0 Å². The summed E-state index contributed by atoms with van der Waals surface area (Å²) in [5, 5.41) is 0. The molecule has 0 bridgehead atoms. The Kier molecular flexibility index (Phi) is 8.18. The van der Waals surface area contributed by atoms with Crippen LogP contribution in [0.25, 0.3) is 0 Å². The van der Waals surface area contributed by atoms with E-state index in [4.69, 9.17) is 0 Å². The first-order chi connectivity index (χ1) is 6.38. The van der Waals surface area contributed by atoms with Gasteiger partial charge >= 0.3 is 0 Å². The summed E-state index contributed by atoms with van der Waals surface area (Å²) in [6, 6.07) is 0. The van der Waals surface area contributed by atoms with E-state index in [-0.39, 0.29) is 0 Å². The molecule has 0 heteroatoms. The topological polar surface area (TPSA) is 0 Å². The van der Waals surface area contributed by atoms with Crippen LogP contribution >= 0.6 is 0 Å². The van der Waals surface area contributed by atoms with Crippen LogP contribution in [0, 0.1) is 11.8 Å². The maximum atomic E-state index is 3.00. The smallest absolute Gasteiger partial charge is 0.0386 e. The van der Waals surface area contributed by atoms with E-state index in [0.717, 1.165) is 11.8 Å². The van der Waals surface area contributed by atoms with Crippen LogP contribution in [-0.4, -0.2) is 0 Å². The van der Waals surface area contributed by atoms with Crippen LogP contribution in [-0.2, 0) is 0 Å². The fraction of sp³-hybridized carbons (Fsp3) is 0.846. The second-order valence-electron chi connectivity index (χ2n) is 4.00. The minimum Gasteiger partial charge on any atom is -0.106 e. The fourth-order valence-corrected chi connectivity index (χ4v) is 2.57. The number of hydrogen-bond donors (Lipinski definition) is 0. The zero-order valence-corrected chi connectivity index (χ0v) is 9.52. The van der Waals surface area contributed by atoms with Gasteiger partial charge in [0.05, 0.1) is 0 Å². The Morgan fingerprint density at radius 1 is 1.00 bits per heavy atom. The molecule has 0 saturated heterocycles. The van der Waals surface area contributed by atoms with Gasteiger partial charge in [0.2, 0.25) is 0 Å². The standard InChI is InChI=1S/C11H22.C2H4/c1-3-7-11-9-6-5-8-10(11)4-2;1-2/h10-11H,3-9H2,1-2H3;1-2H2. The first-order valence-corrected chi connectivity index (χ1v) is 5.88. The first kappa shape index (κ1) is 12.7. The molecule has 1 fully saturated rings. The van der Waals surface area contributed by atoms with Crippen LogP contribution in [0.4, 0.5) is 0 Å². The van der Waals surface area contributed by atoms with Gasteiger partial charge < -0.3 is 0 Å². The van der Waals surface area contributed by atoms with Gasteiger partial charge in [0.15, 0.2) is 0 Å². The average molecular weight is 182 g/mol. The molecular weight excluding hydrogens is 156 g/mol. The highest BCUT2D eigenvalue weighted by Gasteiger charge is 2.22. The highest BCUT2D eigenvalue weighted by molar-refractivity contribution is 4.73. The predicted molar refractivity (Wildman–Crippen MR) is 61.9 cm³/mol. The monoisotopic (exact) mass is 182 g/mol. The Morgan fingerprint density at radius 2 is 1.54 bits per heavy atom. The quantitative estimate of drug-likeness (QED) is 0.550. The number of rotatable bonds is 3. The van der Waals surface area contributed by atoms with Crippen LogP contribution in [0.15, 0.2) is 13.2 Å². The molecule has 0 N–H and O–H groups in total. The third-order valence-electron chi connectivity index (χ3n) is 3.25. The van der Waals surface area contributed by atoms with Gasteiger partial charge in [0.1, 0.15) is 0 Å². The summed E-state index contributed by atoms with van der Waals surface area (Å²) < 4.78 is 0. The van der Waals surface area contributed by atoms with Crippen LogP contribution in [0.1, 0.15) is 58.8 Å². The van der Waals surface area contributed by atoms with Crippen molar-refractivity contribution in [3.8, 4) is 0 Å². The van der Waals surface area contributed by atoms with Gasteiger partial charge in [-0.25, -0.2) is 0 Å². The summed E-state index contributed by atoms with van der Waals surface area (Å²) in [5.41, 5.74) is 0. The maximum absolute atomic E-state index is 3.00. The zero-order chi connectivity index (χ0) is 10.1. The van der Waals surface area contributed by atoms with Gasteiger partial charge in [-0.05, 0) is 11.8 Å². The van der Waals surface area contributed by atoms with Gasteiger partial charge in [-0.3, -0.25) is 0 Å². The molecule has 2 unspecified atom stereocenters. The third kappa shape index (κ3) is 4.50. The molecular formula is C13H26. The molecule has 0 radical (unpaired) electrons. The molecule has 0 aliphatic heterocycles. The van der Waals surface area contributed by atoms with Crippen molar-refractivity contribution < 1.29 is 0 Å². The molecule has 0 aromatic heterocycles. The minimum absolute atomic E-state index is 1.07. The van der Waals surface area contributed by atoms with E-state index in [1.165, 1.54) is 44.9 Å². The predicted octanol–water partition coefficient (Wildman–Crippen LogP) is 4.81. The fourth-order valence-electron chi connectivity index (χ4n) is 2.57. The van der Waals surface area contributed by atoms with Gasteiger partial charge in [0.25, 0.3) is 0 Å². The number of hydrogen-bond acceptors (Lipinski definition) is 0. The molecule has 2 atom stereocenters. The molecule has 0 aromatic rings. The van der Waals surface area contributed by atoms with Crippen molar-refractivity contribution in [1.29, 1.82) is 0 Å². The van der Waals surface area contributed by atoms with Crippen LogP contribution in [0.5, 0.6) is 0 Å². The summed E-state index contributed by atoms with van der Waals surface area (Å²) in [6.07, 6.45) is 10.3. The van der Waals surface area contributed by atoms with Crippen molar-refractivity contribution in [2.75, 3.05) is 0 Å². The van der Waals surface area contributed by atoms with Crippen molar-refractivity contribution in [3.63, 3.8) is 0 Å². The summed E-state index contributed by atoms with van der Waals surface area (Å²) in [6.45, 7) is 10.7. The van der Waals surface area contributed by atoms with E-state index in [2.05, 4.69) is 27.0 Å². The average Bonchev–Trinajstić information content (AvgIpc) is 2.22. The Bertz CT molecular complexity index is 105. The molecule has 0 heterocycles. The first-order valence-electron chi connectivity index (χ1n) is 5.88. The SMILES string of the molecule is C=C.CCCC1CCCCC1CC. The Hall–Kier alpha value is -0.260. The van der Waals surface area contributed by atoms with Crippen molar-refractivity contribution in [3.05, 3.63) is 13.2 Å². The van der Waals surface area contributed by atoms with Crippen molar-refractivity contribution in [1.82, 2.24) is 0 Å². The molecule has 0 aromatic carbocycles. The van der Waals surface area contributed by atoms with E-state index < -0.39 is 0 Å². The molecule has 78 valence electrons. The molecule has 0 amide bonds. The van der Waals surface area contributed by atoms with E-state index in [1.807, 2.05) is 0 Å². The lowest BCUT2D eigenvalue weighted by atomic mass is 9.76. The zero-order valence-electron chi connectivity index (χ0n) is 9.52. The highest BCUT2D eigenvalue weighted by Crippen LogP contribution is 2.34. The van der Waals surface area contributed by atoms with Crippen molar-refractivity contribution in [2.45, 2.75) is 58.8 Å². The largest absolute Gasteiger partial charge is 0.106 e. The summed E-state index contributed by atoms with van der Waals surface area (Å²) in [7, 11) is 0. The van der Waals surface area contributed by atoms with E-state index in [1.54, 1.807) is 0 Å². The molecule has 1 saturated carbocycles. The summed E-state index contributed by atoms with van der Waals surface area (Å²) >= 11 is 0. The Labute approximate surface area is 84.4 Å². The normalized spacial score (nSPS) is 27.5. The minimum atomic E-state index is 1.07. The lowest BCUT2D eigenvalue weighted by Crippen LogP contribution is -2.18. The van der Waals surface area contributed by atoms with Crippen LogP contribution in [0.3, 0.4) is 0 Å². The van der Waals surface area contributed by atoms with E-state index in [0.29, 0.717) is 0 Å². The van der Waals surface area contributed by atoms with Crippen LogP contribution in [0.2, 0.25) is 0 Å². The molecule has 13 heavy (non-hydrogen) atoms. The second kappa shape index (κ2) is 8.34. The lowest BCUT2D eigenvalue weighted by Gasteiger charge is -2.30. The lowest BCUT2D eigenvalue weighted by molar-refractivity contribution is 0.216. The molecule has 0 nitrogen and oxygen atoms in total. The molecule has 1 aliphatic carbocycles. The van der Waals surface area contributed by atoms with Gasteiger partial charge in [-0.15, -0.1) is 13.2 Å². The van der Waals surface area contributed by atoms with E-state index >= 15 is 0 Å². The summed E-state index contributed by atoms with van der Waals surface area (Å²) in [5.74, 6) is 2.16. The third-order valence-corrected chi connectivity index (χ3v) is 3.25. The van der Waals surface area contributed by atoms with Crippen LogP contribution < -0.4 is 0 Å². The van der Waals surface area contributed by atoms with Gasteiger partial charge in [0, 0.05) is 0 Å². The maximum Gasteiger partial charge on any atom is -0.0386 e. The summed E-state index contributed by atoms with van der Waals surface area (Å²) in [4.78, 5) is 0. The molecule has 1 rings (SSSR count). The van der Waals surface area contributed by atoms with E-state index in [9.17, 15) is 0 Å². The molecule has 0 spiro atoms. The molecule has 1 aliphatic rings. The Balaban J connectivity index is 0.000000671. The second-order valence-corrected chi connectivity index (χ2v) is 4.00. The highest BCUT2D eigenvalue weighted by atomic mass is 14.3. The van der Waals surface area contributed by atoms with Gasteiger partial charge in [-0.2, -0.15) is 0 Å². The van der Waals surface area contributed by atoms with Crippen molar-refractivity contribution in [2.24, 2.45) is 11.8 Å². The van der Waals surface area contributed by atoms with Gasteiger partial charge in [-0.1, -0.05) is 58.8 Å². The Morgan fingerprint density at radius 3 is 2.00 bits per heavy atom.